The predicted octanol–water partition coefficient (Wildman–Crippen LogP) is 1.59. The van der Waals surface area contributed by atoms with Gasteiger partial charge in [-0.2, -0.15) is 0 Å². The molecule has 3 aromatic rings. The van der Waals surface area contributed by atoms with Crippen molar-refractivity contribution < 1.29 is 14.4 Å². The molecule has 0 radical (unpaired) electrons. The molecule has 27 heavy (non-hydrogen) atoms. The zero-order valence-electron chi connectivity index (χ0n) is 14.3. The van der Waals surface area contributed by atoms with Crippen LogP contribution in [-0.4, -0.2) is 22.3 Å². The number of fused-ring (bicyclic) bond motifs is 1. The van der Waals surface area contributed by atoms with Gasteiger partial charge >= 0.3 is 0 Å². The molecule has 1 aliphatic heterocycles. The van der Waals surface area contributed by atoms with Crippen LogP contribution in [-0.2, 0) is 20.9 Å². The minimum Gasteiger partial charge on any atom is -0.368 e. The molecule has 1 aliphatic rings. The molecule has 0 aliphatic carbocycles. The average molecular weight is 360 g/mol. The van der Waals surface area contributed by atoms with Gasteiger partial charge in [0.1, 0.15) is 12.1 Å². The summed E-state index contributed by atoms with van der Waals surface area (Å²) >= 11 is 0. The lowest BCUT2D eigenvalue weighted by Crippen LogP contribution is -2.35. The summed E-state index contributed by atoms with van der Waals surface area (Å²) in [7, 11) is 0. The van der Waals surface area contributed by atoms with Crippen molar-refractivity contribution in [1.82, 2.24) is 9.99 Å². The minimum absolute atomic E-state index is 0.0139. The van der Waals surface area contributed by atoms with Crippen LogP contribution < -0.4 is 16.2 Å². The first-order valence-corrected chi connectivity index (χ1v) is 8.33. The molecule has 7 heteroatoms. The molecular weight excluding hydrogens is 344 g/mol. The number of carbonyl (C=O) groups is 3. The minimum atomic E-state index is -0.476. The van der Waals surface area contributed by atoms with E-state index in [-0.39, 0.29) is 12.1 Å². The lowest BCUT2D eigenvalue weighted by molar-refractivity contribution is -0.119. The number of nitrogens with one attached hydrogen (secondary N) is 1. The van der Waals surface area contributed by atoms with Crippen molar-refractivity contribution in [2.24, 2.45) is 5.73 Å². The normalized spacial score (nSPS) is 15.6. The molecule has 0 spiro atoms. The van der Waals surface area contributed by atoms with Gasteiger partial charge in [-0.15, -0.1) is 0 Å². The number of rotatable bonds is 4. The maximum atomic E-state index is 12.7. The second-order valence-electron chi connectivity index (χ2n) is 6.17. The average Bonchev–Trinajstić information content (AvgIpc) is 3.15. The van der Waals surface area contributed by atoms with E-state index >= 15 is 0 Å². The molecule has 2 aromatic carbocycles. The monoisotopic (exact) mass is 360 g/mol. The molecule has 3 amide bonds. The van der Waals surface area contributed by atoms with Crippen LogP contribution in [0, 0.1) is 0 Å². The van der Waals surface area contributed by atoms with Crippen molar-refractivity contribution in [3.63, 3.8) is 0 Å². The van der Waals surface area contributed by atoms with Crippen LogP contribution >= 0.6 is 0 Å². The quantitative estimate of drug-likeness (QED) is 0.546. The van der Waals surface area contributed by atoms with Crippen LogP contribution in [0.2, 0.25) is 0 Å². The first-order chi connectivity index (χ1) is 13.0. The second-order valence-corrected chi connectivity index (χ2v) is 6.17. The first-order valence-electron chi connectivity index (χ1n) is 8.33. The van der Waals surface area contributed by atoms with Crippen LogP contribution in [0.5, 0.6) is 0 Å². The Bertz CT molecular complexity index is 1100. The molecule has 0 atom stereocenters. The third-order valence-electron chi connectivity index (χ3n) is 4.35. The smallest absolute Gasteiger partial charge is 0.282 e. The van der Waals surface area contributed by atoms with Crippen molar-refractivity contribution in [3.8, 4) is 0 Å². The van der Waals surface area contributed by atoms with Crippen molar-refractivity contribution in [2.75, 3.05) is 5.01 Å². The van der Waals surface area contributed by atoms with E-state index in [9.17, 15) is 14.4 Å². The number of anilines is 1. The number of benzene rings is 2. The van der Waals surface area contributed by atoms with Crippen molar-refractivity contribution >= 4 is 40.4 Å². The van der Waals surface area contributed by atoms with Gasteiger partial charge < -0.3 is 10.3 Å². The van der Waals surface area contributed by atoms with Crippen LogP contribution in [0.1, 0.15) is 5.56 Å². The van der Waals surface area contributed by atoms with E-state index in [1.54, 1.807) is 41.1 Å². The number of hydrogen-bond donors (Lipinski definition) is 2. The number of hydrogen-bond acceptors (Lipinski definition) is 3. The predicted molar refractivity (Wildman–Crippen MR) is 101 cm³/mol. The highest BCUT2D eigenvalue weighted by Gasteiger charge is 2.34. The number of hydrazine groups is 1. The van der Waals surface area contributed by atoms with Gasteiger partial charge in [0.05, 0.1) is 5.69 Å². The molecule has 134 valence electrons. The maximum Gasteiger partial charge on any atom is 0.282 e. The number of nitrogens with zero attached hydrogens (tertiary/aromatic N) is 2. The lowest BCUT2D eigenvalue weighted by atomic mass is 10.1. The van der Waals surface area contributed by atoms with E-state index < -0.39 is 17.7 Å². The number of aromatic nitrogens is 1. The Morgan fingerprint density at radius 1 is 1.04 bits per heavy atom. The number of primary amides is 1. The molecule has 4 rings (SSSR count). The maximum absolute atomic E-state index is 12.7. The first kappa shape index (κ1) is 16.6. The van der Waals surface area contributed by atoms with Gasteiger partial charge in [0.15, 0.2) is 0 Å². The van der Waals surface area contributed by atoms with E-state index in [0.29, 0.717) is 11.3 Å². The Labute approximate surface area is 154 Å². The molecule has 0 unspecified atom stereocenters. The Balaban J connectivity index is 1.76. The summed E-state index contributed by atoms with van der Waals surface area (Å²) in [6.45, 7) is 0.0139. The molecule has 2 heterocycles. The third kappa shape index (κ3) is 2.95. The van der Waals surface area contributed by atoms with Crippen LogP contribution in [0.4, 0.5) is 5.69 Å². The zero-order chi connectivity index (χ0) is 19.0. The summed E-state index contributed by atoms with van der Waals surface area (Å²) in [4.78, 5) is 36.4. The summed E-state index contributed by atoms with van der Waals surface area (Å²) in [5, 5.41) is 2.04. The fourth-order valence-electron chi connectivity index (χ4n) is 3.16. The Morgan fingerprint density at radius 2 is 1.74 bits per heavy atom. The fraction of sp³-hybridized carbons (Fsp3) is 0.0500. The van der Waals surface area contributed by atoms with Crippen molar-refractivity contribution in [2.45, 2.75) is 6.54 Å². The summed E-state index contributed by atoms with van der Waals surface area (Å²) in [6, 6.07) is 16.3. The van der Waals surface area contributed by atoms with Gasteiger partial charge in [0.2, 0.25) is 5.91 Å². The molecule has 1 aromatic heterocycles. The van der Waals surface area contributed by atoms with E-state index in [1.807, 2.05) is 30.3 Å². The van der Waals surface area contributed by atoms with Crippen LogP contribution in [0.25, 0.3) is 17.0 Å². The molecule has 7 nitrogen and oxygen atoms in total. The van der Waals surface area contributed by atoms with Gasteiger partial charge in [-0.05, 0) is 24.3 Å². The van der Waals surface area contributed by atoms with Crippen LogP contribution in [0.15, 0.2) is 66.4 Å². The van der Waals surface area contributed by atoms with E-state index in [0.717, 1.165) is 10.9 Å². The number of nitrogens with two attached hydrogens (primary N) is 1. The second kappa shape index (κ2) is 6.45. The fourth-order valence-corrected chi connectivity index (χ4v) is 3.16. The lowest BCUT2D eigenvalue weighted by Gasteiger charge is -2.13. The third-order valence-corrected chi connectivity index (χ3v) is 4.35. The van der Waals surface area contributed by atoms with Crippen molar-refractivity contribution in [3.05, 3.63) is 71.9 Å². The van der Waals surface area contributed by atoms with Gasteiger partial charge in [0, 0.05) is 22.7 Å². The molecule has 0 bridgehead atoms. The summed E-state index contributed by atoms with van der Waals surface area (Å²) < 4.78 is 1.70. The highest BCUT2D eigenvalue weighted by Crippen LogP contribution is 2.26. The standard InChI is InChI=1S/C20H16N4O3/c21-18(25)12-23-11-13(15-8-4-5-9-17(15)23)10-16-19(26)22-24(20(16)27)14-6-2-1-3-7-14/h1-11H,12H2,(H2,21,25)(H,22,26)/b16-10-. The Kier molecular flexibility index (Phi) is 3.97. The Hall–Kier alpha value is -3.87. The van der Waals surface area contributed by atoms with Crippen LogP contribution in [0.3, 0.4) is 0 Å². The van der Waals surface area contributed by atoms with Gasteiger partial charge in [0.25, 0.3) is 11.8 Å². The zero-order valence-corrected chi connectivity index (χ0v) is 14.3. The molecular formula is C20H16N4O3. The topological polar surface area (TPSA) is 97.4 Å². The number of amides is 3. The van der Waals surface area contributed by atoms with E-state index in [2.05, 4.69) is 5.43 Å². The molecule has 1 fully saturated rings. The SMILES string of the molecule is NC(=O)Cn1cc(/C=C2/C(=O)NN(c3ccccc3)C2=O)c2ccccc21. The molecule has 3 N–H and O–H groups in total. The highest BCUT2D eigenvalue weighted by molar-refractivity contribution is 6.32. The number of para-hydroxylation sites is 2. The highest BCUT2D eigenvalue weighted by atomic mass is 16.2. The molecule has 0 saturated carbocycles. The van der Waals surface area contributed by atoms with Gasteiger partial charge in [-0.1, -0.05) is 36.4 Å². The Morgan fingerprint density at radius 3 is 2.48 bits per heavy atom. The summed E-state index contributed by atoms with van der Waals surface area (Å²) in [5.74, 6) is -1.38. The van der Waals surface area contributed by atoms with Gasteiger partial charge in [-0.3, -0.25) is 19.8 Å². The van der Waals surface area contributed by atoms with E-state index in [4.69, 9.17) is 5.73 Å². The molecule has 1 saturated heterocycles. The van der Waals surface area contributed by atoms with Gasteiger partial charge in [-0.25, -0.2) is 5.01 Å². The largest absolute Gasteiger partial charge is 0.368 e. The summed E-state index contributed by atoms with van der Waals surface area (Å²) in [5.41, 5.74) is 9.96. The van der Waals surface area contributed by atoms with Crippen molar-refractivity contribution in [1.29, 1.82) is 0 Å². The van der Waals surface area contributed by atoms with E-state index in [1.165, 1.54) is 5.01 Å². The summed E-state index contributed by atoms with van der Waals surface area (Å²) in [6.07, 6.45) is 3.26. The number of carbonyl (C=O) groups excluding carboxylic acids is 3.